The van der Waals surface area contributed by atoms with Crippen LogP contribution in [0.1, 0.15) is 52.0 Å². The molecule has 0 amide bonds. The van der Waals surface area contributed by atoms with Crippen LogP contribution in [0.2, 0.25) is 0 Å². The summed E-state index contributed by atoms with van der Waals surface area (Å²) in [7, 11) is 0. The molecule has 18 heavy (non-hydrogen) atoms. The number of rotatable bonds is 9. The Bertz CT molecular complexity index is 342. The molecule has 0 aromatic carbocycles. The highest BCUT2D eigenvalue weighted by atomic mass is 16.5. The van der Waals surface area contributed by atoms with Crippen molar-refractivity contribution in [3.8, 4) is 5.88 Å². The van der Waals surface area contributed by atoms with Crippen molar-refractivity contribution in [2.45, 2.75) is 52.9 Å². The van der Waals surface area contributed by atoms with Gasteiger partial charge in [-0.25, -0.2) is 9.97 Å². The first-order chi connectivity index (χ1) is 8.83. The fourth-order valence-electron chi connectivity index (χ4n) is 1.86. The number of aromatic nitrogens is 2. The molecule has 4 heteroatoms. The van der Waals surface area contributed by atoms with Crippen LogP contribution in [0.3, 0.4) is 0 Å². The van der Waals surface area contributed by atoms with Crippen molar-refractivity contribution < 1.29 is 4.74 Å². The van der Waals surface area contributed by atoms with Crippen LogP contribution >= 0.6 is 0 Å². The second-order valence-electron chi connectivity index (χ2n) is 4.30. The van der Waals surface area contributed by atoms with Crippen molar-refractivity contribution in [3.63, 3.8) is 0 Å². The minimum Gasteiger partial charge on any atom is -0.477 e. The van der Waals surface area contributed by atoms with E-state index in [0.717, 1.165) is 43.3 Å². The smallest absolute Gasteiger partial charge is 0.221 e. The van der Waals surface area contributed by atoms with Gasteiger partial charge in [0.25, 0.3) is 0 Å². The number of hydrogen-bond donors (Lipinski definition) is 1. The first-order valence-corrected chi connectivity index (χ1v) is 7.03. The third-order valence-electron chi connectivity index (χ3n) is 2.84. The molecule has 0 radical (unpaired) electrons. The molecule has 0 unspecified atom stereocenters. The van der Waals surface area contributed by atoms with Crippen LogP contribution in [0.15, 0.2) is 6.33 Å². The third-order valence-corrected chi connectivity index (χ3v) is 2.84. The van der Waals surface area contributed by atoms with Crippen LogP contribution in [0.25, 0.3) is 0 Å². The molecular weight excluding hydrogens is 226 g/mol. The second kappa shape index (κ2) is 8.72. The lowest BCUT2D eigenvalue weighted by Crippen LogP contribution is -2.08. The van der Waals surface area contributed by atoms with E-state index in [9.17, 15) is 0 Å². The Balaban J connectivity index is 2.55. The van der Waals surface area contributed by atoms with Crippen LogP contribution in [0, 0.1) is 0 Å². The van der Waals surface area contributed by atoms with Gasteiger partial charge in [0.05, 0.1) is 12.2 Å². The molecule has 0 saturated heterocycles. The number of nitrogens with zero attached hydrogens (tertiary/aromatic N) is 2. The summed E-state index contributed by atoms with van der Waals surface area (Å²) >= 11 is 0. The van der Waals surface area contributed by atoms with Gasteiger partial charge in [-0.3, -0.25) is 0 Å². The fraction of sp³-hybridized carbons (Fsp3) is 0.714. The molecule has 0 spiro atoms. The summed E-state index contributed by atoms with van der Waals surface area (Å²) in [5, 5.41) is 3.25. The van der Waals surface area contributed by atoms with Gasteiger partial charge in [-0.05, 0) is 19.8 Å². The second-order valence-corrected chi connectivity index (χ2v) is 4.30. The maximum absolute atomic E-state index is 5.77. The Labute approximate surface area is 110 Å². The number of hydrogen-bond acceptors (Lipinski definition) is 4. The van der Waals surface area contributed by atoms with Crippen molar-refractivity contribution in [1.82, 2.24) is 9.97 Å². The van der Waals surface area contributed by atoms with Gasteiger partial charge in [0, 0.05) is 6.54 Å². The maximum atomic E-state index is 5.77. The minimum absolute atomic E-state index is 0.736. The average molecular weight is 251 g/mol. The summed E-state index contributed by atoms with van der Waals surface area (Å²) in [4.78, 5) is 8.49. The van der Waals surface area contributed by atoms with Crippen molar-refractivity contribution in [1.29, 1.82) is 0 Å². The molecule has 1 heterocycles. The van der Waals surface area contributed by atoms with Gasteiger partial charge in [-0.2, -0.15) is 0 Å². The summed E-state index contributed by atoms with van der Waals surface area (Å²) in [6, 6.07) is 0. The molecule has 0 aliphatic rings. The highest BCUT2D eigenvalue weighted by Crippen LogP contribution is 2.22. The number of anilines is 1. The van der Waals surface area contributed by atoms with Crippen LogP contribution in [-0.4, -0.2) is 23.1 Å². The molecule has 1 aromatic heterocycles. The number of ether oxygens (including phenoxy) is 1. The Morgan fingerprint density at radius 3 is 2.61 bits per heavy atom. The monoisotopic (exact) mass is 251 g/mol. The van der Waals surface area contributed by atoms with E-state index in [2.05, 4.69) is 36.1 Å². The van der Waals surface area contributed by atoms with Gasteiger partial charge < -0.3 is 10.1 Å². The van der Waals surface area contributed by atoms with Crippen LogP contribution < -0.4 is 10.1 Å². The van der Waals surface area contributed by atoms with Gasteiger partial charge in [-0.15, -0.1) is 0 Å². The van der Waals surface area contributed by atoms with Gasteiger partial charge in [0.2, 0.25) is 5.88 Å². The summed E-state index contributed by atoms with van der Waals surface area (Å²) < 4.78 is 5.77. The lowest BCUT2D eigenvalue weighted by atomic mass is 10.2. The van der Waals surface area contributed by atoms with E-state index in [1.807, 2.05) is 0 Å². The molecular formula is C14H25N3O. The van der Waals surface area contributed by atoms with E-state index in [1.165, 1.54) is 19.3 Å². The molecule has 0 bridgehead atoms. The van der Waals surface area contributed by atoms with Gasteiger partial charge in [-0.1, -0.05) is 33.1 Å². The Kier molecular flexibility index (Phi) is 7.14. The number of unbranched alkanes of at least 4 members (excludes halogenated alkanes) is 3. The number of nitrogens with one attached hydrogen (secondary N) is 1. The molecule has 102 valence electrons. The zero-order valence-corrected chi connectivity index (χ0v) is 11.8. The summed E-state index contributed by atoms with van der Waals surface area (Å²) in [5.74, 6) is 1.64. The molecule has 4 nitrogen and oxygen atoms in total. The molecule has 0 atom stereocenters. The van der Waals surface area contributed by atoms with E-state index in [4.69, 9.17) is 4.74 Å². The first kappa shape index (κ1) is 14.7. The van der Waals surface area contributed by atoms with Crippen LogP contribution in [0.5, 0.6) is 5.88 Å². The van der Waals surface area contributed by atoms with Crippen molar-refractivity contribution in [2.75, 3.05) is 18.5 Å². The molecule has 1 aromatic rings. The van der Waals surface area contributed by atoms with Crippen LogP contribution in [0.4, 0.5) is 5.82 Å². The molecule has 0 saturated carbocycles. The normalized spacial score (nSPS) is 10.4. The lowest BCUT2D eigenvalue weighted by molar-refractivity contribution is 0.290. The lowest BCUT2D eigenvalue weighted by Gasteiger charge is -2.12. The molecule has 1 N–H and O–H groups in total. The third kappa shape index (κ3) is 4.51. The summed E-state index contributed by atoms with van der Waals surface area (Å²) in [5.41, 5.74) is 1.08. The molecule has 0 aliphatic carbocycles. The topological polar surface area (TPSA) is 47.0 Å². The van der Waals surface area contributed by atoms with E-state index in [1.54, 1.807) is 6.33 Å². The largest absolute Gasteiger partial charge is 0.477 e. The summed E-state index contributed by atoms with van der Waals surface area (Å²) in [6.07, 6.45) is 7.29. The zero-order valence-electron chi connectivity index (χ0n) is 11.8. The van der Waals surface area contributed by atoms with Gasteiger partial charge >= 0.3 is 0 Å². The van der Waals surface area contributed by atoms with E-state index < -0.39 is 0 Å². The fourth-order valence-corrected chi connectivity index (χ4v) is 1.86. The average Bonchev–Trinajstić information content (AvgIpc) is 2.39. The van der Waals surface area contributed by atoms with E-state index in [0.29, 0.717) is 0 Å². The first-order valence-electron chi connectivity index (χ1n) is 7.03. The van der Waals surface area contributed by atoms with Gasteiger partial charge in [0.1, 0.15) is 12.1 Å². The Hall–Kier alpha value is -1.32. The molecule has 1 rings (SSSR count). The quantitative estimate of drug-likeness (QED) is 0.683. The van der Waals surface area contributed by atoms with Crippen LogP contribution in [-0.2, 0) is 6.42 Å². The minimum atomic E-state index is 0.736. The van der Waals surface area contributed by atoms with Crippen molar-refractivity contribution in [2.24, 2.45) is 0 Å². The predicted molar refractivity (Wildman–Crippen MR) is 75.2 cm³/mol. The highest BCUT2D eigenvalue weighted by molar-refractivity contribution is 5.48. The highest BCUT2D eigenvalue weighted by Gasteiger charge is 2.09. The summed E-state index contributed by atoms with van der Waals surface area (Å²) in [6.45, 7) is 7.98. The standard InChI is InChI=1S/C14H25N3O/c1-4-7-8-9-10-18-14-12(5-2)13(15-6-3)16-11-17-14/h11H,4-10H2,1-3H3,(H,15,16,17). The maximum Gasteiger partial charge on any atom is 0.221 e. The Morgan fingerprint density at radius 1 is 1.11 bits per heavy atom. The van der Waals surface area contributed by atoms with Gasteiger partial charge in [0.15, 0.2) is 0 Å². The van der Waals surface area contributed by atoms with Crippen molar-refractivity contribution in [3.05, 3.63) is 11.9 Å². The SMILES string of the molecule is CCCCCCOc1ncnc(NCC)c1CC. The van der Waals surface area contributed by atoms with E-state index >= 15 is 0 Å². The zero-order chi connectivity index (χ0) is 13.2. The van der Waals surface area contributed by atoms with E-state index in [-0.39, 0.29) is 0 Å². The predicted octanol–water partition coefficient (Wildman–Crippen LogP) is 3.43. The molecule has 0 fully saturated rings. The van der Waals surface area contributed by atoms with Crippen molar-refractivity contribution >= 4 is 5.82 Å². The Morgan fingerprint density at radius 2 is 1.94 bits per heavy atom. The molecule has 0 aliphatic heterocycles.